The van der Waals surface area contributed by atoms with Gasteiger partial charge in [-0.15, -0.1) is 11.3 Å². The van der Waals surface area contributed by atoms with Gasteiger partial charge in [0, 0.05) is 6.20 Å². The van der Waals surface area contributed by atoms with Crippen molar-refractivity contribution in [1.29, 1.82) is 0 Å². The molecule has 21 heavy (non-hydrogen) atoms. The monoisotopic (exact) mass is 343 g/mol. The molecule has 0 aliphatic heterocycles. The summed E-state index contributed by atoms with van der Waals surface area (Å²) in [7, 11) is 0. The van der Waals surface area contributed by atoms with Crippen molar-refractivity contribution in [2.45, 2.75) is 11.3 Å². The quantitative estimate of drug-likeness (QED) is 0.640. The Morgan fingerprint density at radius 1 is 1.52 bits per heavy atom. The summed E-state index contributed by atoms with van der Waals surface area (Å²) in [6, 6.07) is 3.31. The number of pyridine rings is 1. The first kappa shape index (κ1) is 15.7. The van der Waals surface area contributed by atoms with Gasteiger partial charge in [-0.2, -0.15) is 0 Å². The number of thiazole rings is 1. The third-order valence-corrected chi connectivity index (χ3v) is 4.92. The molecular weight excluding hydrogens is 334 g/mol. The molecule has 0 saturated heterocycles. The van der Waals surface area contributed by atoms with E-state index in [4.69, 9.17) is 16.7 Å². The molecule has 0 atom stereocenters. The Balaban J connectivity index is 1.94. The van der Waals surface area contributed by atoms with E-state index in [1.807, 2.05) is 0 Å². The van der Waals surface area contributed by atoms with Gasteiger partial charge in [-0.25, -0.2) is 14.8 Å². The maximum absolute atomic E-state index is 11.8. The average molecular weight is 344 g/mol. The fraction of sp³-hybridized carbons (Fsp3) is 0.167. The summed E-state index contributed by atoms with van der Waals surface area (Å²) in [5.74, 6) is -1.17. The topological polar surface area (TPSA) is 92.2 Å². The Hall–Kier alpha value is -1.64. The molecule has 0 spiro atoms. The van der Waals surface area contributed by atoms with Crippen LogP contribution in [-0.4, -0.2) is 32.7 Å². The Kier molecular flexibility index (Phi) is 5.16. The van der Waals surface area contributed by atoms with Crippen LogP contribution in [0, 0.1) is 6.92 Å². The highest BCUT2D eigenvalue weighted by Gasteiger charge is 2.15. The SMILES string of the molecule is Cc1nc(SCC(=O)Nc2cccnc2Cl)sc1C(=O)O. The van der Waals surface area contributed by atoms with Gasteiger partial charge in [0.05, 0.1) is 17.1 Å². The van der Waals surface area contributed by atoms with E-state index in [9.17, 15) is 9.59 Å². The largest absolute Gasteiger partial charge is 0.477 e. The minimum atomic E-state index is -1.01. The van der Waals surface area contributed by atoms with Crippen LogP contribution in [-0.2, 0) is 4.79 Å². The van der Waals surface area contributed by atoms with E-state index in [0.29, 0.717) is 15.7 Å². The molecule has 0 unspecified atom stereocenters. The number of amides is 1. The molecule has 1 amide bonds. The number of carbonyl (C=O) groups is 2. The number of halogens is 1. The summed E-state index contributed by atoms with van der Waals surface area (Å²) < 4.78 is 0.539. The first-order chi connectivity index (χ1) is 9.97. The molecule has 2 rings (SSSR count). The van der Waals surface area contributed by atoms with Crippen molar-refractivity contribution >= 4 is 52.3 Å². The van der Waals surface area contributed by atoms with Gasteiger partial charge in [0.15, 0.2) is 9.49 Å². The number of aryl methyl sites for hydroxylation is 1. The molecular formula is C12H10ClN3O3S2. The first-order valence-corrected chi connectivity index (χ1v) is 7.89. The standard InChI is InChI=1S/C12H10ClN3O3S2/c1-6-9(11(18)19)21-12(15-6)20-5-8(17)16-7-3-2-4-14-10(7)13/h2-4H,5H2,1H3,(H,16,17)(H,18,19). The number of carboxylic acids is 1. The summed E-state index contributed by atoms with van der Waals surface area (Å²) in [6.45, 7) is 1.62. The number of hydrogen-bond acceptors (Lipinski definition) is 6. The Morgan fingerprint density at radius 2 is 2.29 bits per heavy atom. The number of anilines is 1. The van der Waals surface area contributed by atoms with Crippen LogP contribution in [0.15, 0.2) is 22.7 Å². The van der Waals surface area contributed by atoms with Crippen molar-refractivity contribution in [3.05, 3.63) is 34.1 Å². The smallest absolute Gasteiger partial charge is 0.347 e. The van der Waals surface area contributed by atoms with Gasteiger partial charge in [-0.05, 0) is 19.1 Å². The van der Waals surface area contributed by atoms with Crippen molar-refractivity contribution in [3.8, 4) is 0 Å². The maximum atomic E-state index is 11.8. The average Bonchev–Trinajstić information content (AvgIpc) is 2.80. The van der Waals surface area contributed by atoms with E-state index in [2.05, 4.69) is 15.3 Å². The summed E-state index contributed by atoms with van der Waals surface area (Å²) in [4.78, 5) is 30.9. The number of aromatic nitrogens is 2. The molecule has 0 fully saturated rings. The van der Waals surface area contributed by atoms with Gasteiger partial charge >= 0.3 is 5.97 Å². The second kappa shape index (κ2) is 6.88. The zero-order chi connectivity index (χ0) is 15.4. The van der Waals surface area contributed by atoms with E-state index in [-0.39, 0.29) is 21.7 Å². The molecule has 0 aromatic carbocycles. The molecule has 0 aliphatic rings. The summed E-state index contributed by atoms with van der Waals surface area (Å²) in [5.41, 5.74) is 0.886. The van der Waals surface area contributed by atoms with Gasteiger partial charge in [0.1, 0.15) is 4.88 Å². The molecule has 0 bridgehead atoms. The fourth-order valence-electron chi connectivity index (χ4n) is 1.42. The third kappa shape index (κ3) is 4.16. The zero-order valence-corrected chi connectivity index (χ0v) is 13.2. The molecule has 6 nitrogen and oxygen atoms in total. The normalized spacial score (nSPS) is 10.4. The van der Waals surface area contributed by atoms with E-state index >= 15 is 0 Å². The summed E-state index contributed by atoms with van der Waals surface area (Å²) in [6.07, 6.45) is 1.53. The number of hydrogen-bond donors (Lipinski definition) is 2. The van der Waals surface area contributed by atoms with Crippen LogP contribution in [0.1, 0.15) is 15.4 Å². The molecule has 0 saturated carbocycles. The fourth-order valence-corrected chi connectivity index (χ4v) is 3.42. The van der Waals surface area contributed by atoms with Gasteiger partial charge in [0.2, 0.25) is 5.91 Å². The molecule has 2 heterocycles. The molecule has 9 heteroatoms. The molecule has 2 aromatic heterocycles. The molecule has 0 aliphatic carbocycles. The lowest BCUT2D eigenvalue weighted by Crippen LogP contribution is -2.14. The number of thioether (sulfide) groups is 1. The van der Waals surface area contributed by atoms with Crippen molar-refractivity contribution in [2.24, 2.45) is 0 Å². The van der Waals surface area contributed by atoms with Crippen molar-refractivity contribution in [3.63, 3.8) is 0 Å². The highest BCUT2D eigenvalue weighted by Crippen LogP contribution is 2.27. The summed E-state index contributed by atoms with van der Waals surface area (Å²) >= 11 is 8.06. The predicted octanol–water partition coefficient (Wildman–Crippen LogP) is 2.93. The van der Waals surface area contributed by atoms with Gasteiger partial charge in [-0.3, -0.25) is 4.79 Å². The predicted molar refractivity (Wildman–Crippen MR) is 82.4 cm³/mol. The van der Waals surface area contributed by atoms with E-state index < -0.39 is 5.97 Å². The highest BCUT2D eigenvalue weighted by atomic mass is 35.5. The van der Waals surface area contributed by atoms with E-state index in [1.54, 1.807) is 19.1 Å². The van der Waals surface area contributed by atoms with E-state index in [0.717, 1.165) is 11.3 Å². The Morgan fingerprint density at radius 3 is 2.90 bits per heavy atom. The molecule has 2 N–H and O–H groups in total. The number of rotatable bonds is 5. The van der Waals surface area contributed by atoms with Crippen LogP contribution in [0.4, 0.5) is 5.69 Å². The van der Waals surface area contributed by atoms with Crippen LogP contribution >= 0.6 is 34.7 Å². The van der Waals surface area contributed by atoms with Gasteiger partial charge in [0.25, 0.3) is 0 Å². The second-order valence-corrected chi connectivity index (χ2v) is 6.46. The summed E-state index contributed by atoms with van der Waals surface area (Å²) in [5, 5.41) is 11.8. The Labute approximate surface area is 133 Å². The lowest BCUT2D eigenvalue weighted by Gasteiger charge is -2.04. The van der Waals surface area contributed by atoms with Gasteiger partial charge < -0.3 is 10.4 Å². The Bertz CT molecular complexity index is 690. The third-order valence-electron chi connectivity index (χ3n) is 2.33. The number of carbonyl (C=O) groups excluding carboxylic acids is 1. The second-order valence-electron chi connectivity index (χ2n) is 3.88. The lowest BCUT2D eigenvalue weighted by molar-refractivity contribution is -0.113. The van der Waals surface area contributed by atoms with E-state index in [1.165, 1.54) is 18.0 Å². The van der Waals surface area contributed by atoms with Crippen LogP contribution < -0.4 is 5.32 Å². The molecule has 110 valence electrons. The number of nitrogens with zero attached hydrogens (tertiary/aromatic N) is 2. The molecule has 0 radical (unpaired) electrons. The minimum absolute atomic E-state index is 0.108. The number of aromatic carboxylic acids is 1. The van der Waals surface area contributed by atoms with Crippen LogP contribution in [0.25, 0.3) is 0 Å². The lowest BCUT2D eigenvalue weighted by atomic mass is 10.4. The van der Waals surface area contributed by atoms with Crippen molar-refractivity contribution in [2.75, 3.05) is 11.1 Å². The van der Waals surface area contributed by atoms with Crippen LogP contribution in [0.5, 0.6) is 0 Å². The van der Waals surface area contributed by atoms with Crippen molar-refractivity contribution < 1.29 is 14.7 Å². The zero-order valence-electron chi connectivity index (χ0n) is 10.8. The highest BCUT2D eigenvalue weighted by molar-refractivity contribution is 8.01. The maximum Gasteiger partial charge on any atom is 0.347 e. The number of carboxylic acid groups (broad SMARTS) is 1. The molecule has 2 aromatic rings. The minimum Gasteiger partial charge on any atom is -0.477 e. The van der Waals surface area contributed by atoms with Crippen LogP contribution in [0.2, 0.25) is 5.15 Å². The van der Waals surface area contributed by atoms with Gasteiger partial charge in [-0.1, -0.05) is 23.4 Å². The first-order valence-electron chi connectivity index (χ1n) is 5.71. The van der Waals surface area contributed by atoms with Crippen molar-refractivity contribution in [1.82, 2.24) is 9.97 Å². The van der Waals surface area contributed by atoms with Crippen LogP contribution in [0.3, 0.4) is 0 Å². The number of nitrogens with one attached hydrogen (secondary N) is 1.